The predicted octanol–water partition coefficient (Wildman–Crippen LogP) is 3.91. The van der Waals surface area contributed by atoms with Gasteiger partial charge in [0.15, 0.2) is 0 Å². The number of nitrogens with one attached hydrogen (secondary N) is 1. The highest BCUT2D eigenvalue weighted by Gasteiger charge is 2.29. The number of hydrogen-bond donors (Lipinski definition) is 1. The molecule has 1 aromatic heterocycles. The number of aromatic nitrogens is 2. The number of benzene rings is 1. The Balaban J connectivity index is 2.02. The molecule has 3 nitrogen and oxygen atoms in total. The van der Waals surface area contributed by atoms with E-state index in [2.05, 4.69) is 10.3 Å². The van der Waals surface area contributed by atoms with Crippen LogP contribution in [0.5, 0.6) is 0 Å². The van der Waals surface area contributed by atoms with Gasteiger partial charge in [0.05, 0.1) is 12.1 Å². The summed E-state index contributed by atoms with van der Waals surface area (Å²) in [4.78, 5) is 3.75. The molecule has 0 spiro atoms. The van der Waals surface area contributed by atoms with Gasteiger partial charge in [-0.15, -0.1) is 0 Å². The number of halogens is 5. The van der Waals surface area contributed by atoms with Crippen molar-refractivity contribution in [3.63, 3.8) is 0 Å². The average molecular weight is 291 g/mol. The van der Waals surface area contributed by atoms with E-state index >= 15 is 0 Å². The number of imidazole rings is 1. The van der Waals surface area contributed by atoms with Gasteiger partial charge < -0.3 is 5.32 Å². The first-order chi connectivity index (χ1) is 9.38. The Morgan fingerprint density at radius 3 is 2.35 bits per heavy atom. The zero-order valence-corrected chi connectivity index (χ0v) is 10.0. The van der Waals surface area contributed by atoms with E-state index in [1.807, 2.05) is 0 Å². The van der Waals surface area contributed by atoms with Crippen molar-refractivity contribution in [1.82, 2.24) is 9.55 Å². The molecule has 0 amide bonds. The summed E-state index contributed by atoms with van der Waals surface area (Å²) in [7, 11) is 0. The first-order valence-electron chi connectivity index (χ1n) is 5.59. The molecule has 0 aliphatic heterocycles. The zero-order valence-electron chi connectivity index (χ0n) is 10.0. The van der Waals surface area contributed by atoms with Crippen LogP contribution in [0.3, 0.4) is 0 Å². The second kappa shape index (κ2) is 5.48. The third kappa shape index (κ3) is 3.25. The molecule has 0 radical (unpaired) electrons. The Kier molecular flexibility index (Phi) is 3.91. The maximum absolute atomic E-state index is 12.5. The minimum absolute atomic E-state index is 0.0112. The lowest BCUT2D eigenvalue weighted by Crippen LogP contribution is -2.09. The van der Waals surface area contributed by atoms with E-state index in [1.165, 1.54) is 18.3 Å². The molecule has 108 valence electrons. The van der Waals surface area contributed by atoms with Gasteiger partial charge in [-0.05, 0) is 24.3 Å². The molecule has 20 heavy (non-hydrogen) atoms. The largest absolute Gasteiger partial charge is 0.416 e. The third-order valence-electron chi connectivity index (χ3n) is 2.62. The van der Waals surface area contributed by atoms with E-state index in [-0.39, 0.29) is 12.4 Å². The van der Waals surface area contributed by atoms with Crippen LogP contribution in [-0.4, -0.2) is 9.55 Å². The van der Waals surface area contributed by atoms with E-state index in [0.717, 1.165) is 18.3 Å². The highest BCUT2D eigenvalue weighted by Crippen LogP contribution is 2.29. The quantitative estimate of drug-likeness (QED) is 0.866. The third-order valence-corrected chi connectivity index (χ3v) is 2.62. The molecule has 8 heteroatoms. The van der Waals surface area contributed by atoms with Crippen LogP contribution in [0.25, 0.3) is 0 Å². The molecule has 1 N–H and O–H groups in total. The molecule has 0 unspecified atom stereocenters. The Morgan fingerprint density at radius 2 is 1.80 bits per heavy atom. The Hall–Kier alpha value is -2.12. The van der Waals surface area contributed by atoms with Crippen molar-refractivity contribution >= 4 is 5.69 Å². The van der Waals surface area contributed by atoms with Gasteiger partial charge >= 0.3 is 12.7 Å². The molecule has 2 rings (SSSR count). The fraction of sp³-hybridized carbons (Fsp3) is 0.250. The first-order valence-corrected chi connectivity index (χ1v) is 5.59. The molecule has 0 aliphatic rings. The van der Waals surface area contributed by atoms with E-state index in [1.54, 1.807) is 0 Å². The van der Waals surface area contributed by atoms with Gasteiger partial charge in [0.2, 0.25) is 0 Å². The van der Waals surface area contributed by atoms with Crippen LogP contribution in [0.2, 0.25) is 0 Å². The Bertz CT molecular complexity index is 559. The first kappa shape index (κ1) is 14.3. The van der Waals surface area contributed by atoms with Gasteiger partial charge in [-0.2, -0.15) is 22.0 Å². The van der Waals surface area contributed by atoms with Gasteiger partial charge in [-0.3, -0.25) is 4.57 Å². The summed E-state index contributed by atoms with van der Waals surface area (Å²) in [6, 6.07) is 4.31. The molecule has 2 aromatic rings. The molecule has 0 fully saturated rings. The van der Waals surface area contributed by atoms with Gasteiger partial charge in [-0.25, -0.2) is 4.98 Å². The van der Waals surface area contributed by atoms with E-state index < -0.39 is 18.3 Å². The van der Waals surface area contributed by atoms with Gasteiger partial charge in [0.1, 0.15) is 5.82 Å². The standard InChI is InChI=1S/C12H10F5N3/c13-11(14)20-6-5-18-10(20)7-19-9-3-1-8(2-4-9)12(15,16)17/h1-6,11,19H,7H2. The molecule has 0 atom stereocenters. The molecule has 0 bridgehead atoms. The van der Waals surface area contributed by atoms with Gasteiger partial charge in [0.25, 0.3) is 0 Å². The SMILES string of the molecule is FC(F)n1ccnc1CNc1ccc(C(F)(F)F)cc1. The van der Waals surface area contributed by atoms with Crippen LogP contribution < -0.4 is 5.32 Å². The lowest BCUT2D eigenvalue weighted by atomic mass is 10.2. The van der Waals surface area contributed by atoms with Crippen molar-refractivity contribution in [2.75, 3.05) is 5.32 Å². The minimum Gasteiger partial charge on any atom is -0.378 e. The molecular weight excluding hydrogens is 281 g/mol. The van der Waals surface area contributed by atoms with Crippen molar-refractivity contribution in [2.24, 2.45) is 0 Å². The van der Waals surface area contributed by atoms with Crippen molar-refractivity contribution in [1.29, 1.82) is 0 Å². The molecule has 1 aromatic carbocycles. The molecule has 1 heterocycles. The zero-order chi connectivity index (χ0) is 14.8. The predicted molar refractivity (Wildman–Crippen MR) is 62.3 cm³/mol. The fourth-order valence-electron chi connectivity index (χ4n) is 1.62. The summed E-state index contributed by atoms with van der Waals surface area (Å²) in [5, 5.41) is 2.74. The van der Waals surface area contributed by atoms with Crippen LogP contribution in [0.1, 0.15) is 17.9 Å². The van der Waals surface area contributed by atoms with Gasteiger partial charge in [-0.1, -0.05) is 0 Å². The summed E-state index contributed by atoms with van der Waals surface area (Å²) in [6.45, 7) is -2.72. The van der Waals surface area contributed by atoms with E-state index in [4.69, 9.17) is 0 Å². The molecule has 0 aliphatic carbocycles. The lowest BCUT2D eigenvalue weighted by molar-refractivity contribution is -0.137. The number of rotatable bonds is 4. The molecular formula is C12H10F5N3. The molecule has 0 saturated carbocycles. The number of anilines is 1. The van der Waals surface area contributed by atoms with E-state index in [9.17, 15) is 22.0 Å². The summed E-state index contributed by atoms with van der Waals surface area (Å²) >= 11 is 0. The second-order valence-electron chi connectivity index (χ2n) is 3.96. The van der Waals surface area contributed by atoms with Crippen molar-refractivity contribution < 1.29 is 22.0 Å². The lowest BCUT2D eigenvalue weighted by Gasteiger charge is -2.10. The fourth-order valence-corrected chi connectivity index (χ4v) is 1.62. The van der Waals surface area contributed by atoms with Crippen LogP contribution >= 0.6 is 0 Å². The van der Waals surface area contributed by atoms with Crippen molar-refractivity contribution in [2.45, 2.75) is 19.3 Å². The summed E-state index contributed by atoms with van der Waals surface area (Å²) in [6.07, 6.45) is -2.03. The number of hydrogen-bond acceptors (Lipinski definition) is 2. The van der Waals surface area contributed by atoms with Gasteiger partial charge in [0, 0.05) is 18.1 Å². The minimum atomic E-state index is -4.40. The maximum Gasteiger partial charge on any atom is 0.416 e. The van der Waals surface area contributed by atoms with Crippen LogP contribution in [0.4, 0.5) is 27.6 Å². The summed E-state index contributed by atoms with van der Waals surface area (Å²) in [5.41, 5.74) is -0.376. The van der Waals surface area contributed by atoms with Crippen LogP contribution in [-0.2, 0) is 12.7 Å². The smallest absolute Gasteiger partial charge is 0.378 e. The maximum atomic E-state index is 12.5. The topological polar surface area (TPSA) is 29.9 Å². The Labute approximate surface area is 111 Å². The van der Waals surface area contributed by atoms with Crippen molar-refractivity contribution in [3.8, 4) is 0 Å². The number of nitrogens with zero attached hydrogens (tertiary/aromatic N) is 2. The summed E-state index contributed by atoms with van der Waals surface area (Å²) in [5.74, 6) is 0.0971. The monoisotopic (exact) mass is 291 g/mol. The highest BCUT2D eigenvalue weighted by molar-refractivity contribution is 5.45. The second-order valence-corrected chi connectivity index (χ2v) is 3.96. The van der Waals surface area contributed by atoms with E-state index in [0.29, 0.717) is 10.3 Å². The normalized spacial score (nSPS) is 11.9. The van der Waals surface area contributed by atoms with Crippen molar-refractivity contribution in [3.05, 3.63) is 48.0 Å². The average Bonchev–Trinajstić information content (AvgIpc) is 2.84. The van der Waals surface area contributed by atoms with Crippen LogP contribution in [0, 0.1) is 0 Å². The number of alkyl halides is 5. The molecule has 0 saturated heterocycles. The Morgan fingerprint density at radius 1 is 1.15 bits per heavy atom. The summed E-state index contributed by atoms with van der Waals surface area (Å²) < 4.78 is 62.8. The van der Waals surface area contributed by atoms with Crippen LogP contribution in [0.15, 0.2) is 36.7 Å². The highest BCUT2D eigenvalue weighted by atomic mass is 19.4.